The zero-order chi connectivity index (χ0) is 18.3. The minimum absolute atomic E-state index is 0.159. The van der Waals surface area contributed by atoms with Crippen molar-refractivity contribution >= 4 is 40.9 Å². The van der Waals surface area contributed by atoms with Crippen molar-refractivity contribution < 1.29 is 13.9 Å². The summed E-state index contributed by atoms with van der Waals surface area (Å²) in [5.41, 5.74) is 7.46. The fourth-order valence-electron chi connectivity index (χ4n) is 2.91. The quantitative estimate of drug-likeness (QED) is 0.461. The van der Waals surface area contributed by atoms with E-state index in [9.17, 15) is 4.79 Å². The number of H-pyrrole nitrogens is 1. The third-order valence-corrected chi connectivity index (χ3v) is 6.23. The molecule has 0 fully saturated rings. The lowest BCUT2D eigenvalue weighted by Gasteiger charge is -2.35. The van der Waals surface area contributed by atoms with Crippen LogP contribution in [0.25, 0.3) is 0 Å². The molecule has 9 heteroatoms. The van der Waals surface area contributed by atoms with Gasteiger partial charge in [0.1, 0.15) is 16.5 Å². The average molecular weight is 393 g/mol. The van der Waals surface area contributed by atoms with Crippen LogP contribution in [0, 0.1) is 0 Å². The summed E-state index contributed by atoms with van der Waals surface area (Å²) in [7, 11) is 0. The van der Waals surface area contributed by atoms with E-state index in [-0.39, 0.29) is 16.4 Å². The highest BCUT2D eigenvalue weighted by atomic mass is 32.2. The summed E-state index contributed by atoms with van der Waals surface area (Å²) < 4.78 is 11.4. The van der Waals surface area contributed by atoms with Gasteiger partial charge in [-0.3, -0.25) is 15.6 Å². The first-order chi connectivity index (χ1) is 12.5. The maximum atomic E-state index is 12.1. The molecule has 2 aromatic rings. The summed E-state index contributed by atoms with van der Waals surface area (Å²) in [6, 6.07) is 3.28. The molecule has 0 saturated carbocycles. The summed E-state index contributed by atoms with van der Waals surface area (Å²) in [4.78, 5) is 15.3. The number of thioether (sulfide) groups is 2. The molecule has 2 aromatic heterocycles. The van der Waals surface area contributed by atoms with Crippen LogP contribution in [-0.2, 0) is 0 Å². The first kappa shape index (κ1) is 17.3. The number of hydrogen-bond acceptors (Lipinski definition) is 7. The Morgan fingerprint density at radius 3 is 3.00 bits per heavy atom. The maximum Gasteiger partial charge on any atom is 0.305 e. The average Bonchev–Trinajstić information content (AvgIpc) is 3.25. The number of carbonyl (C=O) groups is 1. The second-order valence-corrected chi connectivity index (χ2v) is 9.15. The van der Waals surface area contributed by atoms with E-state index < -0.39 is 0 Å². The van der Waals surface area contributed by atoms with Crippen LogP contribution in [0.5, 0.6) is 5.75 Å². The maximum absolute atomic E-state index is 12.1. The summed E-state index contributed by atoms with van der Waals surface area (Å²) in [5, 5.41) is 4.39. The molecule has 0 radical (unpaired) electrons. The van der Waals surface area contributed by atoms with Crippen molar-refractivity contribution in [2.24, 2.45) is 0 Å². The molecule has 2 aliphatic heterocycles. The Balaban J connectivity index is 1.56. The van der Waals surface area contributed by atoms with Crippen molar-refractivity contribution in [2.75, 3.05) is 22.8 Å². The minimum Gasteiger partial charge on any atom is -0.459 e. The first-order valence-electron chi connectivity index (χ1n) is 8.17. The van der Waals surface area contributed by atoms with Crippen molar-refractivity contribution in [3.05, 3.63) is 35.6 Å². The molecular formula is C17H20N4O3S2. The van der Waals surface area contributed by atoms with Crippen LogP contribution < -0.4 is 20.9 Å². The number of hydrogen-bond donors (Lipinski definition) is 4. The van der Waals surface area contributed by atoms with E-state index in [2.05, 4.69) is 35.0 Å². The van der Waals surface area contributed by atoms with Crippen LogP contribution in [-0.4, -0.2) is 27.6 Å². The lowest BCUT2D eigenvalue weighted by Crippen LogP contribution is -2.31. The largest absolute Gasteiger partial charge is 0.459 e. The topological polar surface area (TPSA) is 91.3 Å². The molecule has 2 aliphatic rings. The Morgan fingerprint density at radius 1 is 1.42 bits per heavy atom. The fourth-order valence-corrected chi connectivity index (χ4v) is 4.44. The highest BCUT2D eigenvalue weighted by molar-refractivity contribution is 8.00. The number of anilines is 2. The van der Waals surface area contributed by atoms with E-state index in [1.165, 1.54) is 6.26 Å². The highest BCUT2D eigenvalue weighted by Gasteiger charge is 2.34. The van der Waals surface area contributed by atoms with Gasteiger partial charge in [-0.15, -0.1) is 23.5 Å². The molecule has 4 N–H and O–H groups in total. The van der Waals surface area contributed by atoms with Crippen LogP contribution in [0.3, 0.4) is 0 Å². The minimum atomic E-state index is -0.351. The molecule has 4 rings (SSSR count). The van der Waals surface area contributed by atoms with Gasteiger partial charge in [0, 0.05) is 11.2 Å². The lowest BCUT2D eigenvalue weighted by molar-refractivity contribution is 0.0935. The van der Waals surface area contributed by atoms with Crippen molar-refractivity contribution in [1.29, 1.82) is 0 Å². The number of aromatic nitrogens is 1. The van der Waals surface area contributed by atoms with Gasteiger partial charge >= 0.3 is 5.91 Å². The van der Waals surface area contributed by atoms with Gasteiger partial charge in [0.25, 0.3) is 0 Å². The van der Waals surface area contributed by atoms with Gasteiger partial charge in [-0.1, -0.05) is 13.8 Å². The van der Waals surface area contributed by atoms with Gasteiger partial charge in [0.2, 0.25) is 0 Å². The zero-order valence-corrected chi connectivity index (χ0v) is 16.3. The molecule has 1 amide bonds. The molecule has 7 nitrogen and oxygen atoms in total. The molecule has 0 aliphatic carbocycles. The number of hydrazine groups is 1. The van der Waals surface area contributed by atoms with E-state index in [0.717, 1.165) is 40.1 Å². The molecule has 0 bridgehead atoms. The Labute approximate surface area is 159 Å². The number of amides is 1. The van der Waals surface area contributed by atoms with E-state index in [4.69, 9.17) is 9.15 Å². The number of ether oxygens (including phenoxy) is 1. The Kier molecular flexibility index (Phi) is 4.36. The number of furan rings is 1. The van der Waals surface area contributed by atoms with Gasteiger partial charge in [-0.05, 0) is 18.4 Å². The number of nitrogens with one attached hydrogen (secondary N) is 4. The summed E-state index contributed by atoms with van der Waals surface area (Å²) in [6.07, 6.45) is 4.33. The molecule has 4 heterocycles. The fraction of sp³-hybridized carbons (Fsp3) is 0.353. The standard InChI is InChI=1S/C17H20N4O3S2/c1-17(2)7-9-11(8-26-17)24-13-12(18-9)14(19-16(13)25-3)20-21-15(22)10-5-4-6-23-10/h4-6,18-20H,7-8H2,1-3H3,(H,21,22). The SMILES string of the molecule is CSc1[nH]c(NNC(=O)c2ccco2)c2c1OC1=C(CC(C)(C)SC1)N2. The van der Waals surface area contributed by atoms with Crippen molar-refractivity contribution in [3.63, 3.8) is 0 Å². The van der Waals surface area contributed by atoms with E-state index in [1.54, 1.807) is 23.9 Å². The van der Waals surface area contributed by atoms with Gasteiger partial charge in [0.05, 0.1) is 17.7 Å². The first-order valence-corrected chi connectivity index (χ1v) is 10.4. The normalized spacial score (nSPS) is 17.7. The molecule has 0 aromatic carbocycles. The highest BCUT2D eigenvalue weighted by Crippen LogP contribution is 2.49. The van der Waals surface area contributed by atoms with Gasteiger partial charge in [0.15, 0.2) is 17.3 Å². The third kappa shape index (κ3) is 3.16. The summed E-state index contributed by atoms with van der Waals surface area (Å²) >= 11 is 3.44. The van der Waals surface area contributed by atoms with Crippen LogP contribution in [0.4, 0.5) is 11.5 Å². The molecule has 138 valence electrons. The zero-order valence-electron chi connectivity index (χ0n) is 14.7. The van der Waals surface area contributed by atoms with Crippen molar-refractivity contribution in [3.8, 4) is 5.75 Å². The predicted molar refractivity (Wildman–Crippen MR) is 105 cm³/mol. The number of carbonyl (C=O) groups excluding carboxylic acids is 1. The van der Waals surface area contributed by atoms with Crippen molar-refractivity contribution in [1.82, 2.24) is 10.4 Å². The molecule has 26 heavy (non-hydrogen) atoms. The Morgan fingerprint density at radius 2 is 2.27 bits per heavy atom. The van der Waals surface area contributed by atoms with Gasteiger partial charge in [-0.2, -0.15) is 0 Å². The summed E-state index contributed by atoms with van der Waals surface area (Å²) in [5.74, 6) is 3.10. The van der Waals surface area contributed by atoms with Crippen molar-refractivity contribution in [2.45, 2.75) is 30.0 Å². The second-order valence-electron chi connectivity index (χ2n) is 6.65. The summed E-state index contributed by atoms with van der Waals surface area (Å²) in [6.45, 7) is 4.46. The van der Waals surface area contributed by atoms with Crippen LogP contribution in [0.15, 0.2) is 39.3 Å². The second kappa shape index (κ2) is 6.55. The Hall–Kier alpha value is -2.13. The van der Waals surface area contributed by atoms with E-state index in [1.807, 2.05) is 18.0 Å². The lowest BCUT2D eigenvalue weighted by atomic mass is 10.0. The number of aromatic amines is 1. The van der Waals surface area contributed by atoms with Crippen LogP contribution in [0.1, 0.15) is 30.8 Å². The molecule has 0 unspecified atom stereocenters. The number of rotatable bonds is 4. The van der Waals surface area contributed by atoms with E-state index >= 15 is 0 Å². The predicted octanol–water partition coefficient (Wildman–Crippen LogP) is 4.02. The van der Waals surface area contributed by atoms with Crippen LogP contribution in [0.2, 0.25) is 0 Å². The Bertz CT molecular complexity index is 871. The number of allylic oxidation sites excluding steroid dienone is 1. The molecule has 0 spiro atoms. The smallest absolute Gasteiger partial charge is 0.305 e. The third-order valence-electron chi connectivity index (χ3n) is 4.21. The van der Waals surface area contributed by atoms with Gasteiger partial charge < -0.3 is 19.5 Å². The van der Waals surface area contributed by atoms with E-state index in [0.29, 0.717) is 5.82 Å². The monoisotopic (exact) mass is 392 g/mol. The number of fused-ring (bicyclic) bond motifs is 1. The molecule has 0 atom stereocenters. The molecular weight excluding hydrogens is 372 g/mol. The van der Waals surface area contributed by atoms with Crippen LogP contribution >= 0.6 is 23.5 Å². The molecule has 0 saturated heterocycles. The van der Waals surface area contributed by atoms with Gasteiger partial charge in [-0.25, -0.2) is 0 Å².